The van der Waals surface area contributed by atoms with Crippen LogP contribution in [0.5, 0.6) is 0 Å². The third-order valence-electron chi connectivity index (χ3n) is 3.32. The lowest BCUT2D eigenvalue weighted by atomic mass is 10.1. The van der Waals surface area contributed by atoms with Gasteiger partial charge in [0.05, 0.1) is 18.0 Å². The van der Waals surface area contributed by atoms with E-state index in [0.29, 0.717) is 30.8 Å². The summed E-state index contributed by atoms with van der Waals surface area (Å²) in [5, 5.41) is 0. The van der Waals surface area contributed by atoms with Gasteiger partial charge in [-0.1, -0.05) is 12.1 Å². The van der Waals surface area contributed by atoms with E-state index in [1.165, 1.54) is 6.26 Å². The van der Waals surface area contributed by atoms with Gasteiger partial charge in [-0.3, -0.25) is 4.79 Å². The number of amides is 1. The molecular formula is C15H21NO4S. The highest BCUT2D eigenvalue weighted by Gasteiger charge is 2.30. The van der Waals surface area contributed by atoms with E-state index in [0.717, 1.165) is 0 Å². The molecule has 0 radical (unpaired) electrons. The summed E-state index contributed by atoms with van der Waals surface area (Å²) in [5.74, 6) is -0.135. The Bertz CT molecular complexity index is 637. The molecule has 1 fully saturated rings. The van der Waals surface area contributed by atoms with Gasteiger partial charge in [0.1, 0.15) is 0 Å². The fourth-order valence-electron chi connectivity index (χ4n) is 2.47. The molecule has 1 amide bonds. The molecule has 6 heteroatoms. The first kappa shape index (κ1) is 16.0. The van der Waals surface area contributed by atoms with Crippen molar-refractivity contribution in [2.45, 2.75) is 25.2 Å². The normalized spacial score (nSPS) is 18.5. The molecule has 5 nitrogen and oxygen atoms in total. The summed E-state index contributed by atoms with van der Waals surface area (Å²) in [5.41, 5.74) is 0.808. The van der Waals surface area contributed by atoms with Crippen molar-refractivity contribution < 1.29 is 17.9 Å². The Morgan fingerprint density at radius 1 is 1.38 bits per heavy atom. The number of sulfone groups is 1. The van der Waals surface area contributed by atoms with Gasteiger partial charge in [-0.15, -0.1) is 0 Å². The van der Waals surface area contributed by atoms with Crippen molar-refractivity contribution in [2.75, 3.05) is 26.0 Å². The van der Waals surface area contributed by atoms with E-state index in [-0.39, 0.29) is 17.3 Å². The Morgan fingerprint density at radius 3 is 2.71 bits per heavy atom. The van der Waals surface area contributed by atoms with Crippen LogP contribution in [-0.2, 0) is 20.3 Å². The molecule has 0 unspecified atom stereocenters. The van der Waals surface area contributed by atoms with Crippen LogP contribution in [0.3, 0.4) is 0 Å². The van der Waals surface area contributed by atoms with E-state index in [9.17, 15) is 13.2 Å². The number of hydrogen-bond acceptors (Lipinski definition) is 4. The summed E-state index contributed by atoms with van der Waals surface area (Å²) >= 11 is 0. The molecule has 0 bridgehead atoms. The van der Waals surface area contributed by atoms with Crippen molar-refractivity contribution in [2.24, 2.45) is 0 Å². The Balaban J connectivity index is 2.18. The Hall–Kier alpha value is -1.40. The second-order valence-corrected chi connectivity index (χ2v) is 8.25. The quantitative estimate of drug-likeness (QED) is 0.848. The molecule has 21 heavy (non-hydrogen) atoms. The molecule has 1 aliphatic heterocycles. The first-order valence-corrected chi connectivity index (χ1v) is 8.92. The van der Waals surface area contributed by atoms with Crippen molar-refractivity contribution in [3.63, 3.8) is 0 Å². The molecule has 0 spiro atoms. The maximum absolute atomic E-state index is 12.5. The smallest absolute Gasteiger partial charge is 0.254 e. The van der Waals surface area contributed by atoms with Gasteiger partial charge in [0, 0.05) is 24.9 Å². The number of carbonyl (C=O) groups is 1. The Labute approximate surface area is 125 Å². The van der Waals surface area contributed by atoms with Crippen LogP contribution in [0, 0.1) is 0 Å². The van der Waals surface area contributed by atoms with Crippen molar-refractivity contribution in [1.82, 2.24) is 4.90 Å². The Kier molecular flexibility index (Phi) is 4.39. The summed E-state index contributed by atoms with van der Waals surface area (Å²) in [4.78, 5) is 14.3. The second kappa shape index (κ2) is 5.77. The summed E-state index contributed by atoms with van der Waals surface area (Å²) < 4.78 is 28.3. The van der Waals surface area contributed by atoms with E-state index >= 15 is 0 Å². The summed E-state index contributed by atoms with van der Waals surface area (Å²) in [6, 6.07) is 6.82. The highest BCUT2D eigenvalue weighted by atomic mass is 32.2. The molecule has 1 aromatic carbocycles. The van der Waals surface area contributed by atoms with Crippen LogP contribution in [-0.4, -0.2) is 50.8 Å². The number of rotatable bonds is 3. The van der Waals surface area contributed by atoms with E-state index in [2.05, 4.69) is 0 Å². The Morgan fingerprint density at radius 2 is 2.10 bits per heavy atom. The number of nitrogens with zero attached hydrogens (tertiary/aromatic N) is 1. The highest BCUT2D eigenvalue weighted by Crippen LogP contribution is 2.19. The van der Waals surface area contributed by atoms with Crippen LogP contribution in [0.4, 0.5) is 0 Å². The number of hydrogen-bond donors (Lipinski definition) is 0. The van der Waals surface area contributed by atoms with Crippen molar-refractivity contribution >= 4 is 15.7 Å². The largest absolute Gasteiger partial charge is 0.372 e. The first-order chi connectivity index (χ1) is 9.66. The van der Waals surface area contributed by atoms with Crippen LogP contribution >= 0.6 is 0 Å². The van der Waals surface area contributed by atoms with Gasteiger partial charge >= 0.3 is 0 Å². The van der Waals surface area contributed by atoms with Gasteiger partial charge < -0.3 is 9.64 Å². The molecule has 0 N–H and O–H groups in total. The second-order valence-electron chi connectivity index (χ2n) is 6.11. The highest BCUT2D eigenvalue weighted by molar-refractivity contribution is 7.89. The fourth-order valence-corrected chi connectivity index (χ4v) is 3.25. The van der Waals surface area contributed by atoms with Crippen molar-refractivity contribution in [1.29, 1.82) is 0 Å². The van der Waals surface area contributed by atoms with Gasteiger partial charge in [0.25, 0.3) is 5.91 Å². The minimum Gasteiger partial charge on any atom is -0.372 e. The molecule has 0 aliphatic carbocycles. The molecule has 1 saturated heterocycles. The third-order valence-corrected chi connectivity index (χ3v) is 4.17. The van der Waals surface area contributed by atoms with E-state index in [1.807, 2.05) is 13.8 Å². The first-order valence-electron chi connectivity index (χ1n) is 6.86. The van der Waals surface area contributed by atoms with Crippen LogP contribution in [0.15, 0.2) is 24.3 Å². The van der Waals surface area contributed by atoms with E-state index in [4.69, 9.17) is 4.74 Å². The van der Waals surface area contributed by atoms with Crippen LogP contribution in [0.25, 0.3) is 0 Å². The van der Waals surface area contributed by atoms with Gasteiger partial charge in [0.15, 0.2) is 9.84 Å². The van der Waals surface area contributed by atoms with Gasteiger partial charge in [-0.2, -0.15) is 0 Å². The number of benzene rings is 1. The molecule has 1 heterocycles. The van der Waals surface area contributed by atoms with Crippen LogP contribution < -0.4 is 0 Å². The fraction of sp³-hybridized carbons (Fsp3) is 0.533. The minimum absolute atomic E-state index is 0.0529. The van der Waals surface area contributed by atoms with E-state index < -0.39 is 9.84 Å². The van der Waals surface area contributed by atoms with Gasteiger partial charge in [-0.25, -0.2) is 8.42 Å². The van der Waals surface area contributed by atoms with Crippen molar-refractivity contribution in [3.05, 3.63) is 35.4 Å². The van der Waals surface area contributed by atoms with Crippen LogP contribution in [0.2, 0.25) is 0 Å². The zero-order valence-corrected chi connectivity index (χ0v) is 13.4. The zero-order valence-electron chi connectivity index (χ0n) is 12.6. The topological polar surface area (TPSA) is 63.7 Å². The maximum Gasteiger partial charge on any atom is 0.254 e. The van der Waals surface area contributed by atoms with Gasteiger partial charge in [0.2, 0.25) is 0 Å². The van der Waals surface area contributed by atoms with Crippen molar-refractivity contribution in [3.8, 4) is 0 Å². The summed E-state index contributed by atoms with van der Waals surface area (Å²) in [7, 11) is -3.11. The average molecular weight is 311 g/mol. The maximum atomic E-state index is 12.5. The standard InChI is InChI=1S/C15H21NO4S/c1-15(2)11-16(7-8-20-15)14(17)13-6-4-5-12(9-13)10-21(3,18)19/h4-6,9H,7-8,10-11H2,1-3H3. The average Bonchev–Trinajstić information content (AvgIpc) is 2.35. The molecule has 0 atom stereocenters. The molecule has 1 aromatic rings. The predicted octanol–water partition coefficient (Wildman–Crippen LogP) is 1.48. The monoisotopic (exact) mass is 311 g/mol. The lowest BCUT2D eigenvalue weighted by molar-refractivity contribution is -0.0764. The molecule has 0 aromatic heterocycles. The lowest BCUT2D eigenvalue weighted by Gasteiger charge is -2.38. The SMILES string of the molecule is CC1(C)CN(C(=O)c2cccc(CS(C)(=O)=O)c2)CCO1. The van der Waals surface area contributed by atoms with Gasteiger partial charge in [-0.05, 0) is 31.5 Å². The molecule has 1 aliphatic rings. The van der Waals surface area contributed by atoms with E-state index in [1.54, 1.807) is 29.2 Å². The number of ether oxygens (including phenoxy) is 1. The molecule has 116 valence electrons. The number of carbonyl (C=O) groups excluding carboxylic acids is 1. The third kappa shape index (κ3) is 4.54. The predicted molar refractivity (Wildman–Crippen MR) is 80.9 cm³/mol. The lowest BCUT2D eigenvalue weighted by Crippen LogP contribution is -2.50. The summed E-state index contributed by atoms with van der Waals surface area (Å²) in [6.07, 6.45) is 1.19. The van der Waals surface area contributed by atoms with Crippen LogP contribution in [0.1, 0.15) is 29.8 Å². The number of morpholine rings is 1. The molecule has 0 saturated carbocycles. The minimum atomic E-state index is -3.11. The molecule has 2 rings (SSSR count). The zero-order chi connectivity index (χ0) is 15.7. The molecular weight excluding hydrogens is 290 g/mol. The summed E-state index contributed by atoms with van der Waals surface area (Å²) in [6.45, 7) is 5.50.